The molecule has 1 saturated heterocycles. The highest BCUT2D eigenvalue weighted by Crippen LogP contribution is 2.61. The summed E-state index contributed by atoms with van der Waals surface area (Å²) >= 11 is 0. The van der Waals surface area contributed by atoms with Gasteiger partial charge in [-0.2, -0.15) is 0 Å². The Hall–Kier alpha value is -4.18. The Balaban J connectivity index is 1.22. The molecule has 1 fully saturated rings. The minimum Gasteiger partial charge on any atom is -0.489 e. The summed E-state index contributed by atoms with van der Waals surface area (Å²) in [7, 11) is 0. The average Bonchev–Trinajstić information content (AvgIpc) is 3.18. The number of ether oxygens (including phenoxy) is 1. The first kappa shape index (κ1) is 20.2. The Morgan fingerprint density at radius 2 is 1.03 bits per heavy atom. The Bertz CT molecular complexity index is 1340. The summed E-state index contributed by atoms with van der Waals surface area (Å²) < 4.78 is 5.90. The molecule has 4 nitrogen and oxygen atoms in total. The van der Waals surface area contributed by atoms with Gasteiger partial charge in [0.15, 0.2) is 0 Å². The molecule has 8 rings (SSSR count). The molecule has 1 aliphatic heterocycles. The van der Waals surface area contributed by atoms with Crippen LogP contribution in [-0.2, 0) is 16.2 Å². The van der Waals surface area contributed by atoms with E-state index in [1.165, 1.54) is 27.2 Å². The Labute approximate surface area is 203 Å². The summed E-state index contributed by atoms with van der Waals surface area (Å²) in [6.07, 6.45) is 0. The van der Waals surface area contributed by atoms with E-state index in [0.717, 1.165) is 5.56 Å². The quantitative estimate of drug-likeness (QED) is 0.372. The van der Waals surface area contributed by atoms with Gasteiger partial charge in [-0.15, -0.1) is 0 Å². The predicted octanol–water partition coefficient (Wildman–Crippen LogP) is 5.66. The van der Waals surface area contributed by atoms with Crippen molar-refractivity contribution in [1.82, 2.24) is 0 Å². The first-order valence-corrected chi connectivity index (χ1v) is 12.0. The number of rotatable bonds is 4. The van der Waals surface area contributed by atoms with Gasteiger partial charge in [-0.1, -0.05) is 78.9 Å². The van der Waals surface area contributed by atoms with E-state index in [4.69, 9.17) is 4.74 Å². The molecule has 3 aliphatic carbocycles. The number of nitrogens with zero attached hydrogens (tertiary/aromatic N) is 1. The van der Waals surface area contributed by atoms with Crippen molar-refractivity contribution in [3.8, 4) is 5.75 Å². The van der Waals surface area contributed by atoms with Crippen LogP contribution in [0, 0.1) is 11.8 Å². The fraction of sp³-hybridized carbons (Fsp3) is 0.161. The Morgan fingerprint density at radius 1 is 0.571 bits per heavy atom. The highest BCUT2D eigenvalue weighted by molar-refractivity contribution is 6.23. The van der Waals surface area contributed by atoms with Gasteiger partial charge in [-0.25, -0.2) is 4.90 Å². The van der Waals surface area contributed by atoms with Crippen LogP contribution in [0.3, 0.4) is 0 Å². The Morgan fingerprint density at radius 3 is 1.51 bits per heavy atom. The standard InChI is InChI=1S/C31H23NO3/c33-30-28-26-22-10-4-5-11-23(22)27(25-13-7-6-12-24(25)26)29(28)31(34)32(30)20-14-16-21(17-15-20)35-18-19-8-2-1-3-9-19/h1-17,26-29H,18H2/t26?,27?,28-,29-/m0/s1. The predicted molar refractivity (Wildman–Crippen MR) is 133 cm³/mol. The summed E-state index contributed by atoms with van der Waals surface area (Å²) in [5, 5.41) is 0. The monoisotopic (exact) mass is 457 g/mol. The molecule has 0 N–H and O–H groups in total. The molecule has 0 aromatic heterocycles. The SMILES string of the molecule is O=C1[C@H]2C3c4ccccc4C(c4ccccc43)[C@@H]2C(=O)N1c1ccc(OCc2ccccc2)cc1. The zero-order valence-corrected chi connectivity index (χ0v) is 19.0. The number of anilines is 1. The maximum absolute atomic E-state index is 13.8. The molecule has 2 bridgehead atoms. The number of benzene rings is 4. The van der Waals surface area contributed by atoms with Gasteiger partial charge in [-0.05, 0) is 52.1 Å². The van der Waals surface area contributed by atoms with E-state index in [1.54, 1.807) is 0 Å². The van der Waals surface area contributed by atoms with Crippen molar-refractivity contribution in [2.24, 2.45) is 11.8 Å². The van der Waals surface area contributed by atoms with E-state index in [-0.39, 0.29) is 35.5 Å². The molecule has 170 valence electrons. The Kier molecular flexibility index (Phi) is 4.43. The van der Waals surface area contributed by atoms with Crippen LogP contribution in [0.15, 0.2) is 103 Å². The lowest BCUT2D eigenvalue weighted by molar-refractivity contribution is -0.122. The maximum atomic E-state index is 13.8. The first-order chi connectivity index (χ1) is 17.2. The lowest BCUT2D eigenvalue weighted by atomic mass is 9.55. The van der Waals surface area contributed by atoms with E-state index in [0.29, 0.717) is 18.0 Å². The summed E-state index contributed by atoms with van der Waals surface area (Å²) in [6, 6.07) is 33.9. The van der Waals surface area contributed by atoms with Crippen molar-refractivity contribution >= 4 is 17.5 Å². The zero-order valence-electron chi connectivity index (χ0n) is 19.0. The number of carbonyl (C=O) groups excluding carboxylic acids is 2. The smallest absolute Gasteiger partial charge is 0.238 e. The van der Waals surface area contributed by atoms with Crippen molar-refractivity contribution in [2.75, 3.05) is 4.90 Å². The molecular weight excluding hydrogens is 434 g/mol. The van der Waals surface area contributed by atoms with E-state index < -0.39 is 0 Å². The van der Waals surface area contributed by atoms with Gasteiger partial charge < -0.3 is 4.74 Å². The number of carbonyl (C=O) groups is 2. The van der Waals surface area contributed by atoms with Gasteiger partial charge in [0.2, 0.25) is 11.8 Å². The summed E-state index contributed by atoms with van der Waals surface area (Å²) in [6.45, 7) is 0.464. The number of hydrogen-bond acceptors (Lipinski definition) is 3. The molecule has 0 unspecified atom stereocenters. The molecule has 1 heterocycles. The summed E-state index contributed by atoms with van der Waals surface area (Å²) in [4.78, 5) is 29.1. The van der Waals surface area contributed by atoms with Crippen LogP contribution in [0.4, 0.5) is 5.69 Å². The van der Waals surface area contributed by atoms with Crippen LogP contribution in [-0.4, -0.2) is 11.8 Å². The second-order valence-corrected chi connectivity index (χ2v) is 9.54. The van der Waals surface area contributed by atoms with Gasteiger partial charge in [0.1, 0.15) is 12.4 Å². The topological polar surface area (TPSA) is 46.6 Å². The van der Waals surface area contributed by atoms with Crippen molar-refractivity contribution in [3.63, 3.8) is 0 Å². The van der Waals surface area contributed by atoms with Crippen LogP contribution >= 0.6 is 0 Å². The van der Waals surface area contributed by atoms with Crippen LogP contribution in [0.2, 0.25) is 0 Å². The van der Waals surface area contributed by atoms with Crippen molar-refractivity contribution < 1.29 is 14.3 Å². The molecule has 4 heteroatoms. The fourth-order valence-electron chi connectivity index (χ4n) is 6.36. The molecule has 4 aromatic rings. The number of hydrogen-bond donors (Lipinski definition) is 0. The fourth-order valence-corrected chi connectivity index (χ4v) is 6.36. The van der Waals surface area contributed by atoms with E-state index >= 15 is 0 Å². The molecule has 35 heavy (non-hydrogen) atoms. The average molecular weight is 458 g/mol. The molecule has 2 amide bonds. The van der Waals surface area contributed by atoms with Crippen LogP contribution < -0.4 is 9.64 Å². The van der Waals surface area contributed by atoms with Gasteiger partial charge >= 0.3 is 0 Å². The number of amides is 2. The maximum Gasteiger partial charge on any atom is 0.238 e. The molecule has 0 saturated carbocycles. The lowest BCUT2D eigenvalue weighted by Crippen LogP contribution is -2.41. The molecular formula is C31H23NO3. The summed E-state index contributed by atoms with van der Waals surface area (Å²) in [5.74, 6) is -0.416. The zero-order chi connectivity index (χ0) is 23.5. The second kappa shape index (κ2) is 7.67. The highest BCUT2D eigenvalue weighted by Gasteiger charge is 2.61. The van der Waals surface area contributed by atoms with E-state index in [2.05, 4.69) is 24.3 Å². The molecule has 4 aliphatic rings. The van der Waals surface area contributed by atoms with Crippen molar-refractivity contribution in [2.45, 2.75) is 18.4 Å². The third-order valence-corrected chi connectivity index (χ3v) is 7.79. The van der Waals surface area contributed by atoms with Gasteiger partial charge in [-0.3, -0.25) is 9.59 Å². The van der Waals surface area contributed by atoms with Gasteiger partial charge in [0.25, 0.3) is 0 Å². The third-order valence-electron chi connectivity index (χ3n) is 7.79. The van der Waals surface area contributed by atoms with Gasteiger partial charge in [0.05, 0.1) is 17.5 Å². The van der Waals surface area contributed by atoms with Crippen molar-refractivity contribution in [1.29, 1.82) is 0 Å². The minimum atomic E-state index is -0.369. The lowest BCUT2D eigenvalue weighted by Gasteiger charge is -2.45. The highest BCUT2D eigenvalue weighted by atomic mass is 16.5. The first-order valence-electron chi connectivity index (χ1n) is 12.0. The van der Waals surface area contributed by atoms with Crippen LogP contribution in [0.5, 0.6) is 5.75 Å². The van der Waals surface area contributed by atoms with E-state index in [1.807, 2.05) is 78.9 Å². The van der Waals surface area contributed by atoms with E-state index in [9.17, 15) is 9.59 Å². The van der Waals surface area contributed by atoms with Gasteiger partial charge in [0, 0.05) is 11.8 Å². The van der Waals surface area contributed by atoms with Crippen LogP contribution in [0.1, 0.15) is 39.7 Å². The largest absolute Gasteiger partial charge is 0.489 e. The third kappa shape index (κ3) is 2.93. The van der Waals surface area contributed by atoms with Crippen LogP contribution in [0.25, 0.3) is 0 Å². The number of imide groups is 1. The molecule has 2 atom stereocenters. The second-order valence-electron chi connectivity index (χ2n) is 9.54. The van der Waals surface area contributed by atoms with Crippen molar-refractivity contribution in [3.05, 3.63) is 131 Å². The molecule has 0 spiro atoms. The normalized spacial score (nSPS) is 23.6. The minimum absolute atomic E-state index is 0.0904. The summed E-state index contributed by atoms with van der Waals surface area (Å²) in [5.41, 5.74) is 6.43. The molecule has 4 aromatic carbocycles. The molecule has 0 radical (unpaired) electrons.